The highest BCUT2D eigenvalue weighted by Crippen LogP contribution is 2.32. The Balaban J connectivity index is 1.60. The minimum absolute atomic E-state index is 0.00674. The van der Waals surface area contributed by atoms with E-state index in [2.05, 4.69) is 25.7 Å². The van der Waals surface area contributed by atoms with Crippen LogP contribution in [0.25, 0.3) is 11.0 Å². The van der Waals surface area contributed by atoms with Crippen molar-refractivity contribution in [2.24, 2.45) is 18.4 Å². The number of rotatable bonds is 9. The lowest BCUT2D eigenvalue weighted by molar-refractivity contribution is -0.128. The Kier molecular flexibility index (Phi) is 7.59. The highest BCUT2D eigenvalue weighted by molar-refractivity contribution is 6.33. The number of ether oxygens (including phenoxy) is 1. The van der Waals surface area contributed by atoms with Crippen molar-refractivity contribution in [1.29, 1.82) is 0 Å². The van der Waals surface area contributed by atoms with E-state index in [-0.39, 0.29) is 17.2 Å². The van der Waals surface area contributed by atoms with Gasteiger partial charge in [-0.2, -0.15) is 8.78 Å². The maximum absolute atomic E-state index is 13.1. The van der Waals surface area contributed by atoms with Crippen molar-refractivity contribution in [3.8, 4) is 5.75 Å². The molecule has 0 saturated heterocycles. The Morgan fingerprint density at radius 2 is 1.92 bits per heavy atom. The first kappa shape index (κ1) is 26.7. The van der Waals surface area contributed by atoms with Crippen LogP contribution in [0.1, 0.15) is 49.5 Å². The summed E-state index contributed by atoms with van der Waals surface area (Å²) < 4.78 is 32.6. The number of hydrogen-bond acceptors (Lipinski definition) is 5. The number of carbonyl (C=O) groups excluding carboxylic acids is 2. The maximum atomic E-state index is 13.1. The molecule has 0 bridgehead atoms. The van der Waals surface area contributed by atoms with Crippen molar-refractivity contribution >= 4 is 46.1 Å². The number of imidazole rings is 1. The number of aryl methyl sites for hydroxylation is 1. The second-order valence-corrected chi connectivity index (χ2v) is 10.6. The van der Waals surface area contributed by atoms with E-state index in [0.717, 1.165) is 18.4 Å². The molecule has 8 nitrogen and oxygen atoms in total. The van der Waals surface area contributed by atoms with Crippen LogP contribution in [0.2, 0.25) is 5.02 Å². The predicted octanol–water partition coefficient (Wildman–Crippen LogP) is 5.37. The van der Waals surface area contributed by atoms with Gasteiger partial charge in [-0.05, 0) is 42.5 Å². The first-order valence-corrected chi connectivity index (χ1v) is 12.4. The normalized spacial score (nSPS) is 13.6. The van der Waals surface area contributed by atoms with Crippen molar-refractivity contribution in [3.63, 3.8) is 0 Å². The van der Waals surface area contributed by atoms with Crippen LogP contribution in [-0.4, -0.2) is 34.5 Å². The minimum atomic E-state index is -3.08. The molecule has 0 radical (unpaired) electrons. The number of halogens is 3. The number of amides is 2. The molecule has 1 saturated carbocycles. The summed E-state index contributed by atoms with van der Waals surface area (Å²) in [5.41, 5.74) is 1.77. The molecule has 1 fully saturated rings. The Morgan fingerprint density at radius 3 is 2.57 bits per heavy atom. The summed E-state index contributed by atoms with van der Waals surface area (Å²) >= 11 is 6.40. The molecule has 11 heteroatoms. The van der Waals surface area contributed by atoms with Crippen molar-refractivity contribution in [1.82, 2.24) is 20.2 Å². The topological polar surface area (TPSA) is 97.3 Å². The number of hydrogen-bond donors (Lipinski definition) is 3. The molecule has 0 aliphatic heterocycles. The molecule has 1 heterocycles. The summed E-state index contributed by atoms with van der Waals surface area (Å²) in [6.07, 6.45) is 2.09. The third-order valence-corrected chi connectivity index (χ3v) is 6.43. The van der Waals surface area contributed by atoms with Crippen molar-refractivity contribution in [3.05, 3.63) is 46.5 Å². The number of alkyl halides is 2. The van der Waals surface area contributed by atoms with E-state index in [1.165, 1.54) is 12.1 Å². The molecule has 2 amide bonds. The van der Waals surface area contributed by atoms with Crippen LogP contribution in [0.4, 0.5) is 20.4 Å². The molecule has 37 heavy (non-hydrogen) atoms. The molecule has 1 aliphatic rings. The van der Waals surface area contributed by atoms with Gasteiger partial charge in [0.25, 0.3) is 5.91 Å². The van der Waals surface area contributed by atoms with Crippen molar-refractivity contribution in [2.75, 3.05) is 11.9 Å². The van der Waals surface area contributed by atoms with Gasteiger partial charge in [0.2, 0.25) is 11.9 Å². The SMILES string of the molecule is Cn1c(Nc2cc(CNC(=O)C(C)(C)C)ccc2Cl)nc2cc(C(=O)NCC3CC3)c(OC(F)F)cc21. The highest BCUT2D eigenvalue weighted by Gasteiger charge is 2.25. The second-order valence-electron chi connectivity index (χ2n) is 10.2. The van der Waals surface area contributed by atoms with Gasteiger partial charge in [-0.3, -0.25) is 9.59 Å². The number of anilines is 2. The second kappa shape index (κ2) is 10.5. The number of fused-ring (bicyclic) bond motifs is 1. The zero-order valence-corrected chi connectivity index (χ0v) is 21.9. The van der Waals surface area contributed by atoms with E-state index in [0.29, 0.717) is 46.7 Å². The van der Waals surface area contributed by atoms with Gasteiger partial charge >= 0.3 is 6.61 Å². The van der Waals surface area contributed by atoms with Gasteiger partial charge in [-0.1, -0.05) is 38.4 Å². The van der Waals surface area contributed by atoms with E-state index in [1.807, 2.05) is 26.8 Å². The predicted molar refractivity (Wildman–Crippen MR) is 138 cm³/mol. The molecule has 1 aromatic heterocycles. The maximum Gasteiger partial charge on any atom is 0.387 e. The molecule has 2 aromatic carbocycles. The molecule has 3 N–H and O–H groups in total. The molecular formula is C26H30ClF2N5O3. The molecular weight excluding hydrogens is 504 g/mol. The lowest BCUT2D eigenvalue weighted by Gasteiger charge is -2.18. The largest absolute Gasteiger partial charge is 0.434 e. The monoisotopic (exact) mass is 533 g/mol. The molecule has 3 aromatic rings. The van der Waals surface area contributed by atoms with Gasteiger partial charge in [-0.15, -0.1) is 0 Å². The van der Waals surface area contributed by atoms with Crippen LogP contribution in [0, 0.1) is 11.3 Å². The Morgan fingerprint density at radius 1 is 1.19 bits per heavy atom. The summed E-state index contributed by atoms with van der Waals surface area (Å²) in [5, 5.41) is 9.27. The lowest BCUT2D eigenvalue weighted by atomic mass is 9.95. The average molecular weight is 534 g/mol. The zero-order valence-electron chi connectivity index (χ0n) is 21.1. The smallest absolute Gasteiger partial charge is 0.387 e. The number of aromatic nitrogens is 2. The van der Waals surface area contributed by atoms with Crippen LogP contribution >= 0.6 is 11.6 Å². The van der Waals surface area contributed by atoms with Crippen molar-refractivity contribution in [2.45, 2.75) is 46.8 Å². The van der Waals surface area contributed by atoms with Gasteiger partial charge < -0.3 is 25.3 Å². The molecule has 0 spiro atoms. The van der Waals surface area contributed by atoms with Gasteiger partial charge in [0, 0.05) is 31.6 Å². The summed E-state index contributed by atoms with van der Waals surface area (Å²) in [6.45, 7) is 3.23. The Labute approximate surface area is 218 Å². The van der Waals surface area contributed by atoms with Gasteiger partial charge in [0.05, 0.1) is 27.3 Å². The third kappa shape index (κ3) is 6.49. The van der Waals surface area contributed by atoms with Crippen molar-refractivity contribution < 1.29 is 23.1 Å². The first-order valence-electron chi connectivity index (χ1n) is 12.0. The fourth-order valence-electron chi connectivity index (χ4n) is 3.70. The zero-order chi connectivity index (χ0) is 26.9. The quantitative estimate of drug-likeness (QED) is 0.343. The van der Waals surface area contributed by atoms with Gasteiger partial charge in [-0.25, -0.2) is 4.98 Å². The average Bonchev–Trinajstić information content (AvgIpc) is 3.61. The summed E-state index contributed by atoms with van der Waals surface area (Å²) in [5.74, 6) is 0.0233. The van der Waals surface area contributed by atoms with Crippen LogP contribution in [-0.2, 0) is 18.4 Å². The number of carbonyl (C=O) groups is 2. The van der Waals surface area contributed by atoms with Gasteiger partial charge in [0.1, 0.15) is 5.75 Å². The van der Waals surface area contributed by atoms with E-state index < -0.39 is 17.9 Å². The Bertz CT molecular complexity index is 1330. The number of benzene rings is 2. The van der Waals surface area contributed by atoms with Crippen LogP contribution in [0.5, 0.6) is 5.75 Å². The molecule has 1 aliphatic carbocycles. The molecule has 4 rings (SSSR count). The summed E-state index contributed by atoms with van der Waals surface area (Å²) in [6, 6.07) is 8.15. The standard InChI is InChI=1S/C26H30ClF2N5O3/c1-26(2,3)23(36)31-13-15-7-8-17(27)18(9-15)32-25-33-19-10-16(22(35)30-12-14-5-6-14)21(37-24(28)29)11-20(19)34(25)4/h7-11,14,24H,5-6,12-13H2,1-4H3,(H,30,35)(H,31,36)(H,32,33). The van der Waals surface area contributed by atoms with Gasteiger partial charge in [0.15, 0.2) is 0 Å². The summed E-state index contributed by atoms with van der Waals surface area (Å²) in [7, 11) is 1.71. The fraction of sp³-hybridized carbons (Fsp3) is 0.423. The number of nitrogens with one attached hydrogen (secondary N) is 3. The highest BCUT2D eigenvalue weighted by atomic mass is 35.5. The molecule has 198 valence electrons. The third-order valence-electron chi connectivity index (χ3n) is 6.10. The minimum Gasteiger partial charge on any atom is -0.434 e. The summed E-state index contributed by atoms with van der Waals surface area (Å²) in [4.78, 5) is 29.5. The molecule has 0 unspecified atom stereocenters. The van der Waals surface area contributed by atoms with E-state index in [4.69, 9.17) is 11.6 Å². The van der Waals surface area contributed by atoms with E-state index in [1.54, 1.807) is 23.7 Å². The van der Waals surface area contributed by atoms with Crippen LogP contribution < -0.4 is 20.7 Å². The molecule has 0 atom stereocenters. The lowest BCUT2D eigenvalue weighted by Crippen LogP contribution is -2.34. The fourth-order valence-corrected chi connectivity index (χ4v) is 3.87. The van der Waals surface area contributed by atoms with Crippen LogP contribution in [0.3, 0.4) is 0 Å². The first-order chi connectivity index (χ1) is 17.4. The van der Waals surface area contributed by atoms with E-state index >= 15 is 0 Å². The number of nitrogens with zero attached hydrogens (tertiary/aromatic N) is 2. The van der Waals surface area contributed by atoms with Crippen LogP contribution in [0.15, 0.2) is 30.3 Å². The van der Waals surface area contributed by atoms with E-state index in [9.17, 15) is 18.4 Å². The Hall–Kier alpha value is -3.40.